The van der Waals surface area contributed by atoms with Crippen LogP contribution in [-0.4, -0.2) is 36.5 Å². The third-order valence-corrected chi connectivity index (χ3v) is 3.12. The van der Waals surface area contributed by atoms with Gasteiger partial charge in [0.05, 0.1) is 6.54 Å². The lowest BCUT2D eigenvalue weighted by Gasteiger charge is -2.44. The van der Waals surface area contributed by atoms with Crippen LogP contribution in [0, 0.1) is 0 Å². The van der Waals surface area contributed by atoms with Crippen molar-refractivity contribution in [2.45, 2.75) is 32.2 Å². The van der Waals surface area contributed by atoms with E-state index in [2.05, 4.69) is 24.1 Å². The van der Waals surface area contributed by atoms with Crippen LogP contribution in [0.4, 0.5) is 0 Å². The highest BCUT2D eigenvalue weighted by molar-refractivity contribution is 5.79. The smallest absolute Gasteiger partial charge is 0.234 e. The van der Waals surface area contributed by atoms with Crippen LogP contribution in [0.5, 0.6) is 0 Å². The molecule has 0 aliphatic carbocycles. The van der Waals surface area contributed by atoms with E-state index < -0.39 is 0 Å². The highest BCUT2D eigenvalue weighted by Crippen LogP contribution is 2.23. The van der Waals surface area contributed by atoms with Gasteiger partial charge in [-0.25, -0.2) is 0 Å². The lowest BCUT2D eigenvalue weighted by molar-refractivity contribution is -0.127. The first kappa shape index (κ1) is 9.52. The molecule has 1 N–H and O–H groups in total. The van der Waals surface area contributed by atoms with Gasteiger partial charge in [-0.3, -0.25) is 9.69 Å². The summed E-state index contributed by atoms with van der Waals surface area (Å²) >= 11 is 0. The predicted molar refractivity (Wildman–Crippen MR) is 49.0 cm³/mol. The molecule has 70 valence electrons. The largest absolute Gasteiger partial charge is 0.353 e. The molecule has 0 radical (unpaired) electrons. The Hall–Kier alpha value is -0.570. The summed E-state index contributed by atoms with van der Waals surface area (Å²) in [6, 6.07) is 0. The third kappa shape index (κ3) is 1.46. The van der Waals surface area contributed by atoms with Gasteiger partial charge in [-0.05, 0) is 19.9 Å². The van der Waals surface area contributed by atoms with Gasteiger partial charge >= 0.3 is 0 Å². The summed E-state index contributed by atoms with van der Waals surface area (Å²) in [5.41, 5.74) is 0.202. The monoisotopic (exact) mass is 170 g/mol. The molecular weight excluding hydrogens is 152 g/mol. The zero-order valence-electron chi connectivity index (χ0n) is 8.18. The van der Waals surface area contributed by atoms with Crippen LogP contribution in [0.2, 0.25) is 0 Å². The molecule has 0 unspecified atom stereocenters. The first-order chi connectivity index (χ1) is 5.64. The molecule has 1 saturated heterocycles. The van der Waals surface area contributed by atoms with Gasteiger partial charge in [-0.2, -0.15) is 0 Å². The number of amides is 1. The summed E-state index contributed by atoms with van der Waals surface area (Å²) in [6.45, 7) is 5.70. The second-order valence-corrected chi connectivity index (χ2v) is 3.56. The van der Waals surface area contributed by atoms with Crippen LogP contribution in [0.1, 0.15) is 26.7 Å². The Kier molecular flexibility index (Phi) is 2.73. The lowest BCUT2D eigenvalue weighted by Crippen LogP contribution is -2.61. The van der Waals surface area contributed by atoms with Crippen molar-refractivity contribution in [3.63, 3.8) is 0 Å². The lowest BCUT2D eigenvalue weighted by atomic mass is 9.89. The molecule has 0 bridgehead atoms. The summed E-state index contributed by atoms with van der Waals surface area (Å²) in [4.78, 5) is 13.2. The number of carbonyl (C=O) groups excluding carboxylic acids is 1. The molecule has 0 aromatic heterocycles. The maximum absolute atomic E-state index is 11.0. The molecule has 3 heteroatoms. The van der Waals surface area contributed by atoms with Gasteiger partial charge in [0.25, 0.3) is 0 Å². The molecule has 0 spiro atoms. The van der Waals surface area contributed by atoms with E-state index >= 15 is 0 Å². The van der Waals surface area contributed by atoms with Crippen molar-refractivity contribution in [3.8, 4) is 0 Å². The second kappa shape index (κ2) is 3.44. The van der Waals surface area contributed by atoms with Gasteiger partial charge in [0.15, 0.2) is 0 Å². The molecule has 1 fully saturated rings. The normalized spacial score (nSPS) is 23.8. The van der Waals surface area contributed by atoms with E-state index in [4.69, 9.17) is 0 Å². The fourth-order valence-electron chi connectivity index (χ4n) is 1.88. The molecule has 0 saturated carbocycles. The second-order valence-electron chi connectivity index (χ2n) is 3.56. The molecule has 3 nitrogen and oxygen atoms in total. The van der Waals surface area contributed by atoms with E-state index in [-0.39, 0.29) is 11.4 Å². The van der Waals surface area contributed by atoms with Crippen molar-refractivity contribution in [2.24, 2.45) is 0 Å². The minimum Gasteiger partial charge on any atom is -0.353 e. The van der Waals surface area contributed by atoms with Crippen LogP contribution in [0.15, 0.2) is 0 Å². The van der Waals surface area contributed by atoms with Crippen LogP contribution in [-0.2, 0) is 4.79 Å². The van der Waals surface area contributed by atoms with E-state index in [1.54, 1.807) is 0 Å². The number of rotatable bonds is 2. The molecular formula is C9H18N2O. The van der Waals surface area contributed by atoms with Crippen molar-refractivity contribution in [3.05, 3.63) is 0 Å². The van der Waals surface area contributed by atoms with Gasteiger partial charge < -0.3 is 5.32 Å². The molecule has 0 aromatic rings. The van der Waals surface area contributed by atoms with Crippen LogP contribution < -0.4 is 5.32 Å². The molecule has 1 amide bonds. The quantitative estimate of drug-likeness (QED) is 0.658. The summed E-state index contributed by atoms with van der Waals surface area (Å²) < 4.78 is 0. The SMILES string of the molecule is CCC1(CC)CNC(=O)CN1C. The molecule has 12 heavy (non-hydrogen) atoms. The summed E-state index contributed by atoms with van der Waals surface area (Å²) in [6.07, 6.45) is 2.19. The first-order valence-electron chi connectivity index (χ1n) is 4.62. The number of carbonyl (C=O) groups is 1. The molecule has 1 aliphatic rings. The molecule has 1 aliphatic heterocycles. The number of piperazine rings is 1. The summed E-state index contributed by atoms with van der Waals surface area (Å²) in [5, 5.41) is 2.92. The Balaban J connectivity index is 2.70. The number of hydrogen-bond acceptors (Lipinski definition) is 2. The highest BCUT2D eigenvalue weighted by atomic mass is 16.2. The van der Waals surface area contributed by atoms with E-state index in [0.29, 0.717) is 6.54 Å². The average molecular weight is 170 g/mol. The fourth-order valence-corrected chi connectivity index (χ4v) is 1.88. The molecule has 1 rings (SSSR count). The van der Waals surface area contributed by atoms with Crippen molar-refractivity contribution >= 4 is 5.91 Å². The van der Waals surface area contributed by atoms with E-state index in [9.17, 15) is 4.79 Å². The van der Waals surface area contributed by atoms with Crippen molar-refractivity contribution < 1.29 is 4.79 Å². The minimum atomic E-state index is 0.148. The predicted octanol–water partition coefficient (Wildman–Crippen LogP) is 0.607. The van der Waals surface area contributed by atoms with E-state index in [0.717, 1.165) is 19.4 Å². The van der Waals surface area contributed by atoms with Gasteiger partial charge in [0, 0.05) is 12.1 Å². The van der Waals surface area contributed by atoms with Gasteiger partial charge in [-0.15, -0.1) is 0 Å². The topological polar surface area (TPSA) is 32.3 Å². The Morgan fingerprint density at radius 3 is 2.50 bits per heavy atom. The van der Waals surface area contributed by atoms with Crippen molar-refractivity contribution in [1.82, 2.24) is 10.2 Å². The Morgan fingerprint density at radius 1 is 1.50 bits per heavy atom. The van der Waals surface area contributed by atoms with Crippen molar-refractivity contribution in [2.75, 3.05) is 20.1 Å². The third-order valence-electron chi connectivity index (χ3n) is 3.12. The maximum atomic E-state index is 11.0. The molecule has 0 aromatic carbocycles. The summed E-state index contributed by atoms with van der Waals surface area (Å²) in [5.74, 6) is 0.148. The van der Waals surface area contributed by atoms with Gasteiger partial charge in [-0.1, -0.05) is 13.8 Å². The fraction of sp³-hybridized carbons (Fsp3) is 0.889. The van der Waals surface area contributed by atoms with E-state index in [1.807, 2.05) is 7.05 Å². The van der Waals surface area contributed by atoms with Crippen LogP contribution >= 0.6 is 0 Å². The highest BCUT2D eigenvalue weighted by Gasteiger charge is 2.35. The maximum Gasteiger partial charge on any atom is 0.234 e. The molecule has 0 atom stereocenters. The summed E-state index contributed by atoms with van der Waals surface area (Å²) in [7, 11) is 2.03. The Bertz CT molecular complexity index is 175. The first-order valence-corrected chi connectivity index (χ1v) is 4.62. The van der Waals surface area contributed by atoms with Gasteiger partial charge in [0.2, 0.25) is 5.91 Å². The Morgan fingerprint density at radius 2 is 2.08 bits per heavy atom. The standard InChI is InChI=1S/C9H18N2O/c1-4-9(5-2)7-10-8(12)6-11(9)3/h4-7H2,1-3H3,(H,10,12). The molecule has 1 heterocycles. The van der Waals surface area contributed by atoms with Crippen LogP contribution in [0.25, 0.3) is 0 Å². The Labute approximate surface area is 74.1 Å². The number of hydrogen-bond donors (Lipinski definition) is 1. The van der Waals surface area contributed by atoms with E-state index in [1.165, 1.54) is 0 Å². The zero-order chi connectivity index (χ0) is 9.19. The van der Waals surface area contributed by atoms with Crippen LogP contribution in [0.3, 0.4) is 0 Å². The zero-order valence-corrected chi connectivity index (χ0v) is 8.18. The average Bonchev–Trinajstić information content (AvgIpc) is 2.06. The number of likely N-dealkylation sites (N-methyl/N-ethyl adjacent to an activating group) is 1. The number of nitrogens with zero attached hydrogens (tertiary/aromatic N) is 1. The van der Waals surface area contributed by atoms with Gasteiger partial charge in [0.1, 0.15) is 0 Å². The van der Waals surface area contributed by atoms with Crippen molar-refractivity contribution in [1.29, 1.82) is 0 Å². The minimum absolute atomic E-state index is 0.148. The number of nitrogens with one attached hydrogen (secondary N) is 1.